The van der Waals surface area contributed by atoms with Crippen LogP contribution in [0.4, 0.5) is 0 Å². The van der Waals surface area contributed by atoms with Gasteiger partial charge in [0.1, 0.15) is 0 Å². The van der Waals surface area contributed by atoms with E-state index in [0.717, 1.165) is 13.1 Å². The molecule has 19 heavy (non-hydrogen) atoms. The van der Waals surface area contributed by atoms with E-state index in [2.05, 4.69) is 29.7 Å². The van der Waals surface area contributed by atoms with Crippen LogP contribution in [0.2, 0.25) is 0 Å². The predicted molar refractivity (Wildman–Crippen MR) is 79.1 cm³/mol. The quantitative estimate of drug-likeness (QED) is 0.729. The second kappa shape index (κ2) is 6.56. The molecule has 2 rings (SSSR count). The first kappa shape index (κ1) is 14.6. The third kappa shape index (κ3) is 3.38. The minimum Gasteiger partial charge on any atom is -0.338 e. The number of likely N-dealkylation sites (tertiary alicyclic amines) is 2. The van der Waals surface area contributed by atoms with E-state index in [4.69, 9.17) is 0 Å². The average molecular weight is 264 g/mol. The topological polar surface area (TPSA) is 23.6 Å². The van der Waals surface area contributed by atoms with Gasteiger partial charge in [0.05, 0.1) is 0 Å². The summed E-state index contributed by atoms with van der Waals surface area (Å²) in [5.74, 6) is 0.344. The zero-order valence-corrected chi connectivity index (χ0v) is 12.7. The van der Waals surface area contributed by atoms with E-state index >= 15 is 0 Å². The summed E-state index contributed by atoms with van der Waals surface area (Å²) in [6.07, 6.45) is 7.89. The number of hydrogen-bond acceptors (Lipinski definition) is 2. The first-order valence-corrected chi connectivity index (χ1v) is 7.80. The van der Waals surface area contributed by atoms with Gasteiger partial charge in [-0.05, 0) is 46.1 Å². The molecule has 0 unspecified atom stereocenters. The number of carbonyl (C=O) groups is 1. The number of amides is 1. The molecule has 3 heteroatoms. The van der Waals surface area contributed by atoms with Gasteiger partial charge in [0, 0.05) is 31.6 Å². The molecule has 2 aliphatic rings. The molecule has 0 saturated carbocycles. The molecule has 3 nitrogen and oxygen atoms in total. The highest BCUT2D eigenvalue weighted by molar-refractivity contribution is 5.76. The normalized spacial score (nSPS) is 27.8. The van der Waals surface area contributed by atoms with E-state index in [-0.39, 0.29) is 0 Å². The third-order valence-corrected chi connectivity index (χ3v) is 4.51. The molecular formula is C16H28N2O. The van der Waals surface area contributed by atoms with Crippen LogP contribution in [-0.2, 0) is 4.79 Å². The van der Waals surface area contributed by atoms with Gasteiger partial charge in [-0.15, -0.1) is 0 Å². The monoisotopic (exact) mass is 264 g/mol. The van der Waals surface area contributed by atoms with Gasteiger partial charge < -0.3 is 4.90 Å². The Morgan fingerprint density at radius 3 is 2.53 bits per heavy atom. The summed E-state index contributed by atoms with van der Waals surface area (Å²) in [5.41, 5.74) is 1.39. The second-order valence-corrected chi connectivity index (χ2v) is 6.14. The lowest BCUT2D eigenvalue weighted by atomic mass is 10.0. The van der Waals surface area contributed by atoms with Crippen LogP contribution in [0.1, 0.15) is 52.9 Å². The first-order chi connectivity index (χ1) is 9.13. The predicted octanol–water partition coefficient (Wildman–Crippen LogP) is 2.82. The summed E-state index contributed by atoms with van der Waals surface area (Å²) in [7, 11) is 0. The lowest BCUT2D eigenvalue weighted by Gasteiger charge is -2.34. The molecule has 0 aliphatic carbocycles. The third-order valence-electron chi connectivity index (χ3n) is 4.51. The first-order valence-electron chi connectivity index (χ1n) is 7.80. The Kier molecular flexibility index (Phi) is 5.03. The minimum absolute atomic E-state index is 0.344. The van der Waals surface area contributed by atoms with Crippen molar-refractivity contribution in [2.75, 3.05) is 19.6 Å². The van der Waals surface area contributed by atoms with Gasteiger partial charge >= 0.3 is 0 Å². The van der Waals surface area contributed by atoms with Crippen LogP contribution in [0.3, 0.4) is 0 Å². The highest BCUT2D eigenvalue weighted by Gasteiger charge is 2.38. The number of rotatable bonds is 4. The van der Waals surface area contributed by atoms with Gasteiger partial charge in [0.2, 0.25) is 5.91 Å². The van der Waals surface area contributed by atoms with Gasteiger partial charge in [-0.3, -0.25) is 9.69 Å². The molecule has 2 atom stereocenters. The molecule has 0 aromatic heterocycles. The van der Waals surface area contributed by atoms with Crippen molar-refractivity contribution in [3.8, 4) is 0 Å². The van der Waals surface area contributed by atoms with Crippen LogP contribution in [-0.4, -0.2) is 47.4 Å². The largest absolute Gasteiger partial charge is 0.338 e. The summed E-state index contributed by atoms with van der Waals surface area (Å²) < 4.78 is 0. The Balaban J connectivity index is 2.02. The van der Waals surface area contributed by atoms with Crippen LogP contribution < -0.4 is 0 Å². The molecule has 2 fully saturated rings. The number of carbonyl (C=O) groups excluding carboxylic acids is 1. The summed E-state index contributed by atoms with van der Waals surface area (Å²) in [5, 5.41) is 0. The molecule has 2 aliphatic heterocycles. The van der Waals surface area contributed by atoms with Crippen LogP contribution in [0.15, 0.2) is 11.6 Å². The molecular weight excluding hydrogens is 236 g/mol. The Morgan fingerprint density at radius 1 is 1.16 bits per heavy atom. The number of nitrogens with zero attached hydrogens (tertiary/aromatic N) is 2. The van der Waals surface area contributed by atoms with Crippen LogP contribution in [0.25, 0.3) is 0 Å². The Labute approximate surface area is 117 Å². The van der Waals surface area contributed by atoms with Gasteiger partial charge in [-0.1, -0.05) is 18.6 Å². The van der Waals surface area contributed by atoms with Crippen molar-refractivity contribution in [1.82, 2.24) is 9.80 Å². The highest BCUT2D eigenvalue weighted by atomic mass is 16.2. The van der Waals surface area contributed by atoms with Gasteiger partial charge in [0.15, 0.2) is 0 Å². The van der Waals surface area contributed by atoms with E-state index < -0.39 is 0 Å². The van der Waals surface area contributed by atoms with Crippen molar-refractivity contribution < 1.29 is 4.79 Å². The maximum atomic E-state index is 12.0. The van der Waals surface area contributed by atoms with E-state index in [1.807, 2.05) is 6.92 Å². The SMILES string of the molecule is CCC(=O)N1CCC[C@H]1[C@@H]1CCCN1CC=C(C)C. The summed E-state index contributed by atoms with van der Waals surface area (Å²) in [4.78, 5) is 16.8. The van der Waals surface area contributed by atoms with Crippen molar-refractivity contribution in [2.24, 2.45) is 0 Å². The zero-order chi connectivity index (χ0) is 13.8. The smallest absolute Gasteiger partial charge is 0.222 e. The summed E-state index contributed by atoms with van der Waals surface area (Å²) >= 11 is 0. The molecule has 0 bridgehead atoms. The van der Waals surface area contributed by atoms with Crippen LogP contribution in [0, 0.1) is 0 Å². The fourth-order valence-corrected chi connectivity index (χ4v) is 3.52. The van der Waals surface area contributed by atoms with E-state index in [1.165, 1.54) is 37.8 Å². The highest BCUT2D eigenvalue weighted by Crippen LogP contribution is 2.30. The number of hydrogen-bond donors (Lipinski definition) is 0. The molecule has 0 spiro atoms. The molecule has 0 N–H and O–H groups in total. The van der Waals surface area contributed by atoms with E-state index in [9.17, 15) is 4.79 Å². The molecule has 1 amide bonds. The van der Waals surface area contributed by atoms with Crippen LogP contribution >= 0.6 is 0 Å². The maximum absolute atomic E-state index is 12.0. The van der Waals surface area contributed by atoms with Crippen molar-refractivity contribution in [3.05, 3.63) is 11.6 Å². The molecule has 2 heterocycles. The fourth-order valence-electron chi connectivity index (χ4n) is 3.52. The molecule has 108 valence electrons. The minimum atomic E-state index is 0.344. The Bertz CT molecular complexity index is 347. The lowest BCUT2D eigenvalue weighted by molar-refractivity contribution is -0.132. The van der Waals surface area contributed by atoms with Crippen molar-refractivity contribution >= 4 is 5.91 Å². The van der Waals surface area contributed by atoms with Gasteiger partial charge in [-0.2, -0.15) is 0 Å². The maximum Gasteiger partial charge on any atom is 0.222 e. The average Bonchev–Trinajstić information content (AvgIpc) is 3.03. The van der Waals surface area contributed by atoms with Gasteiger partial charge in [-0.25, -0.2) is 0 Å². The molecule has 0 aromatic carbocycles. The zero-order valence-electron chi connectivity index (χ0n) is 12.7. The van der Waals surface area contributed by atoms with Crippen LogP contribution in [0.5, 0.6) is 0 Å². The van der Waals surface area contributed by atoms with E-state index in [0.29, 0.717) is 24.4 Å². The van der Waals surface area contributed by atoms with Crippen molar-refractivity contribution in [3.63, 3.8) is 0 Å². The Morgan fingerprint density at radius 2 is 1.84 bits per heavy atom. The Hall–Kier alpha value is -0.830. The summed E-state index contributed by atoms with van der Waals surface area (Å²) in [6, 6.07) is 1.06. The summed E-state index contributed by atoms with van der Waals surface area (Å²) in [6.45, 7) is 9.52. The van der Waals surface area contributed by atoms with E-state index in [1.54, 1.807) is 0 Å². The standard InChI is InChI=1S/C16H28N2O/c1-4-16(19)18-11-6-8-15(18)14-7-5-10-17(14)12-9-13(2)3/h9,14-15H,4-8,10-12H2,1-3H3/t14-,15-/m0/s1. The second-order valence-electron chi connectivity index (χ2n) is 6.14. The molecule has 0 aromatic rings. The molecule has 0 radical (unpaired) electrons. The van der Waals surface area contributed by atoms with Crippen molar-refractivity contribution in [1.29, 1.82) is 0 Å². The molecule has 2 saturated heterocycles. The fraction of sp³-hybridized carbons (Fsp3) is 0.812. The lowest BCUT2D eigenvalue weighted by Crippen LogP contribution is -2.48. The van der Waals surface area contributed by atoms with Gasteiger partial charge in [0.25, 0.3) is 0 Å². The number of allylic oxidation sites excluding steroid dienone is 1. The van der Waals surface area contributed by atoms with Crippen molar-refractivity contribution in [2.45, 2.75) is 65.0 Å².